The lowest BCUT2D eigenvalue weighted by atomic mass is 10.3. The molecule has 0 amide bonds. The van der Waals surface area contributed by atoms with Gasteiger partial charge in [-0.25, -0.2) is 14.4 Å². The van der Waals surface area contributed by atoms with Crippen molar-refractivity contribution in [2.24, 2.45) is 0 Å². The molecule has 0 radical (unpaired) electrons. The molecule has 0 atom stereocenters. The fourth-order valence-electron chi connectivity index (χ4n) is 1.45. The summed E-state index contributed by atoms with van der Waals surface area (Å²) in [5.74, 6) is 0.524. The number of rotatable bonds is 5. The summed E-state index contributed by atoms with van der Waals surface area (Å²) in [6, 6.07) is 4.57. The molecule has 0 aliphatic rings. The van der Waals surface area contributed by atoms with Gasteiger partial charge in [-0.05, 0) is 40.5 Å². The number of hydrogen-bond donors (Lipinski definition) is 1. The summed E-state index contributed by atoms with van der Waals surface area (Å²) in [4.78, 5) is 8.11. The number of benzene rings is 1. The van der Waals surface area contributed by atoms with Crippen LogP contribution in [0.1, 0.15) is 13.3 Å². The molecule has 2 rings (SSSR count). The maximum Gasteiger partial charge on any atom is 0.239 e. The first-order valence-electron chi connectivity index (χ1n) is 5.99. The van der Waals surface area contributed by atoms with Gasteiger partial charge in [-0.1, -0.05) is 22.9 Å². The molecule has 0 bridgehead atoms. The number of nitrogens with one attached hydrogen (secondary N) is 1. The van der Waals surface area contributed by atoms with E-state index >= 15 is 0 Å². The monoisotopic (exact) mass is 403 g/mol. The molecule has 20 heavy (non-hydrogen) atoms. The largest absolute Gasteiger partial charge is 0.435 e. The molecule has 0 saturated carbocycles. The average Bonchev–Trinajstić information content (AvgIpc) is 2.42. The summed E-state index contributed by atoms with van der Waals surface area (Å²) in [6.07, 6.45) is 2.34. The van der Waals surface area contributed by atoms with Crippen molar-refractivity contribution in [3.8, 4) is 11.6 Å². The van der Waals surface area contributed by atoms with Gasteiger partial charge < -0.3 is 10.1 Å². The second kappa shape index (κ2) is 6.99. The Hall–Kier alpha value is -1.21. The number of halogens is 3. The first kappa shape index (κ1) is 15.2. The van der Waals surface area contributed by atoms with Crippen molar-refractivity contribution < 1.29 is 9.13 Å². The van der Waals surface area contributed by atoms with Crippen LogP contribution in [-0.2, 0) is 0 Å². The summed E-state index contributed by atoms with van der Waals surface area (Å²) >= 11 is 6.56. The standard InChI is InChI=1S/C13H12Br2FN3O/c1-2-5-17-12-11(15)13(19-7-18-12)20-10-4-3-8(14)6-9(10)16/h3-4,6-7H,2,5H2,1H3,(H,17,18,19). The van der Waals surface area contributed by atoms with Crippen LogP contribution in [0.5, 0.6) is 11.6 Å². The molecular formula is C13H12Br2FN3O. The summed E-state index contributed by atoms with van der Waals surface area (Å²) in [6.45, 7) is 2.83. The highest BCUT2D eigenvalue weighted by Gasteiger charge is 2.13. The van der Waals surface area contributed by atoms with Crippen molar-refractivity contribution in [3.05, 3.63) is 39.3 Å². The molecule has 7 heteroatoms. The van der Waals surface area contributed by atoms with E-state index in [1.165, 1.54) is 18.5 Å². The van der Waals surface area contributed by atoms with E-state index in [-0.39, 0.29) is 11.6 Å². The Morgan fingerprint density at radius 2 is 2.10 bits per heavy atom. The predicted molar refractivity (Wildman–Crippen MR) is 82.7 cm³/mol. The SMILES string of the molecule is CCCNc1ncnc(Oc2ccc(Br)cc2F)c1Br. The third-order valence-corrected chi connectivity index (χ3v) is 3.61. The Balaban J connectivity index is 2.24. The van der Waals surface area contributed by atoms with Gasteiger partial charge in [-0.3, -0.25) is 0 Å². The van der Waals surface area contributed by atoms with Crippen LogP contribution in [-0.4, -0.2) is 16.5 Å². The van der Waals surface area contributed by atoms with Gasteiger partial charge in [0.25, 0.3) is 0 Å². The molecule has 0 fully saturated rings. The quantitative estimate of drug-likeness (QED) is 0.780. The first-order chi connectivity index (χ1) is 9.61. The van der Waals surface area contributed by atoms with Gasteiger partial charge in [0.15, 0.2) is 11.6 Å². The third-order valence-electron chi connectivity index (χ3n) is 2.40. The molecule has 0 aliphatic carbocycles. The van der Waals surface area contributed by atoms with E-state index in [4.69, 9.17) is 4.74 Å². The lowest BCUT2D eigenvalue weighted by Crippen LogP contribution is -2.04. The van der Waals surface area contributed by atoms with E-state index in [9.17, 15) is 4.39 Å². The summed E-state index contributed by atoms with van der Waals surface area (Å²) < 4.78 is 20.4. The molecule has 1 aromatic carbocycles. The molecule has 106 valence electrons. The number of hydrogen-bond acceptors (Lipinski definition) is 4. The smallest absolute Gasteiger partial charge is 0.239 e. The molecule has 1 N–H and O–H groups in total. The summed E-state index contributed by atoms with van der Waals surface area (Å²) in [5, 5.41) is 3.13. The molecule has 0 unspecified atom stereocenters. The fraction of sp³-hybridized carbons (Fsp3) is 0.231. The van der Waals surface area contributed by atoms with Crippen LogP contribution in [0, 0.1) is 5.82 Å². The summed E-state index contributed by atoms with van der Waals surface area (Å²) in [5.41, 5.74) is 0. The van der Waals surface area contributed by atoms with Crippen LogP contribution in [0.4, 0.5) is 10.2 Å². The van der Waals surface area contributed by atoms with Crippen molar-refractivity contribution in [2.75, 3.05) is 11.9 Å². The van der Waals surface area contributed by atoms with Gasteiger partial charge in [0.2, 0.25) is 5.88 Å². The molecule has 0 saturated heterocycles. The van der Waals surface area contributed by atoms with Crippen LogP contribution in [0.25, 0.3) is 0 Å². The predicted octanol–water partition coefficient (Wildman–Crippen LogP) is 4.75. The maximum absolute atomic E-state index is 13.7. The lowest BCUT2D eigenvalue weighted by Gasteiger charge is -2.11. The van der Waals surface area contributed by atoms with Gasteiger partial charge in [-0.2, -0.15) is 0 Å². The normalized spacial score (nSPS) is 10.4. The Morgan fingerprint density at radius 1 is 1.30 bits per heavy atom. The van der Waals surface area contributed by atoms with Crippen molar-refractivity contribution in [3.63, 3.8) is 0 Å². The zero-order valence-corrected chi connectivity index (χ0v) is 13.8. The third kappa shape index (κ3) is 3.67. The molecule has 4 nitrogen and oxygen atoms in total. The van der Waals surface area contributed by atoms with E-state index < -0.39 is 5.82 Å². The van der Waals surface area contributed by atoms with Gasteiger partial charge in [0.05, 0.1) is 0 Å². The molecule has 0 spiro atoms. The molecular weight excluding hydrogens is 393 g/mol. The minimum Gasteiger partial charge on any atom is -0.435 e. The van der Waals surface area contributed by atoms with Crippen LogP contribution < -0.4 is 10.1 Å². The van der Waals surface area contributed by atoms with Crippen LogP contribution in [0.15, 0.2) is 33.5 Å². The van der Waals surface area contributed by atoms with Gasteiger partial charge >= 0.3 is 0 Å². The topological polar surface area (TPSA) is 47.0 Å². The second-order valence-electron chi connectivity index (χ2n) is 3.94. The highest BCUT2D eigenvalue weighted by atomic mass is 79.9. The van der Waals surface area contributed by atoms with E-state index in [1.807, 2.05) is 0 Å². The lowest BCUT2D eigenvalue weighted by molar-refractivity contribution is 0.424. The molecule has 1 heterocycles. The van der Waals surface area contributed by atoms with Crippen LogP contribution >= 0.6 is 31.9 Å². The highest BCUT2D eigenvalue weighted by molar-refractivity contribution is 9.11. The van der Waals surface area contributed by atoms with Gasteiger partial charge in [-0.15, -0.1) is 0 Å². The second-order valence-corrected chi connectivity index (χ2v) is 5.65. The fourth-order valence-corrected chi connectivity index (χ4v) is 2.21. The van der Waals surface area contributed by atoms with E-state index in [0.29, 0.717) is 14.8 Å². The molecule has 0 aliphatic heterocycles. The van der Waals surface area contributed by atoms with Crippen molar-refractivity contribution in [1.82, 2.24) is 9.97 Å². The molecule has 1 aromatic heterocycles. The first-order valence-corrected chi connectivity index (χ1v) is 7.57. The Morgan fingerprint density at radius 3 is 2.80 bits per heavy atom. The van der Waals surface area contributed by atoms with Crippen LogP contribution in [0.3, 0.4) is 0 Å². The van der Waals surface area contributed by atoms with Gasteiger partial charge in [0.1, 0.15) is 16.6 Å². The number of aromatic nitrogens is 2. The molecule has 2 aromatic rings. The number of anilines is 1. The zero-order chi connectivity index (χ0) is 14.5. The van der Waals surface area contributed by atoms with Gasteiger partial charge in [0, 0.05) is 11.0 Å². The van der Waals surface area contributed by atoms with Crippen molar-refractivity contribution in [2.45, 2.75) is 13.3 Å². The highest BCUT2D eigenvalue weighted by Crippen LogP contribution is 2.33. The van der Waals surface area contributed by atoms with E-state index in [2.05, 4.69) is 54.1 Å². The van der Waals surface area contributed by atoms with E-state index in [0.717, 1.165) is 13.0 Å². The minimum absolute atomic E-state index is 0.106. The number of ether oxygens (including phenoxy) is 1. The van der Waals surface area contributed by atoms with Crippen molar-refractivity contribution in [1.29, 1.82) is 0 Å². The average molecular weight is 405 g/mol. The Labute approximate surface area is 133 Å². The van der Waals surface area contributed by atoms with Crippen molar-refractivity contribution >= 4 is 37.7 Å². The maximum atomic E-state index is 13.7. The Kier molecular flexibility index (Phi) is 5.31. The van der Waals surface area contributed by atoms with E-state index in [1.54, 1.807) is 6.07 Å². The summed E-state index contributed by atoms with van der Waals surface area (Å²) in [7, 11) is 0. The zero-order valence-electron chi connectivity index (χ0n) is 10.7. The Bertz CT molecular complexity index is 610. The minimum atomic E-state index is -0.465. The van der Waals surface area contributed by atoms with Crippen LogP contribution in [0.2, 0.25) is 0 Å². The number of nitrogens with zero attached hydrogens (tertiary/aromatic N) is 2.